The fraction of sp³-hybridized carbons (Fsp3) is 0.192. The highest BCUT2D eigenvalue weighted by Crippen LogP contribution is 2.31. The third kappa shape index (κ3) is 6.54. The van der Waals surface area contributed by atoms with Crippen molar-refractivity contribution in [3.05, 3.63) is 72.3 Å². The summed E-state index contributed by atoms with van der Waals surface area (Å²) >= 11 is 0. The van der Waals surface area contributed by atoms with Gasteiger partial charge in [0.2, 0.25) is 5.91 Å². The zero-order valence-electron chi connectivity index (χ0n) is 20.6. The lowest BCUT2D eigenvalue weighted by Crippen LogP contribution is -2.25. The Labute approximate surface area is 220 Å². The molecule has 0 aliphatic rings. The number of aryl methyl sites for hydroxylation is 1. The van der Waals surface area contributed by atoms with Crippen LogP contribution in [0.15, 0.2) is 71.6 Å². The van der Waals surface area contributed by atoms with Gasteiger partial charge in [-0.05, 0) is 67.9 Å². The molecule has 0 atom stereocenters. The molecule has 0 bridgehead atoms. The number of para-hydroxylation sites is 2. The fourth-order valence-electron chi connectivity index (χ4n) is 3.72. The lowest BCUT2D eigenvalue weighted by Gasteiger charge is -2.16. The highest BCUT2D eigenvalue weighted by molar-refractivity contribution is 7.92. The van der Waals surface area contributed by atoms with Gasteiger partial charge in [0.1, 0.15) is 5.75 Å². The molecule has 4 aromatic rings. The molecule has 38 heavy (non-hydrogen) atoms. The summed E-state index contributed by atoms with van der Waals surface area (Å²) in [6.07, 6.45) is 1.03. The van der Waals surface area contributed by atoms with E-state index >= 15 is 0 Å². The molecule has 3 aromatic carbocycles. The normalized spacial score (nSPS) is 11.3. The Morgan fingerprint density at radius 1 is 0.947 bits per heavy atom. The molecule has 4 rings (SSSR count). The number of anilines is 4. The first kappa shape index (κ1) is 26.8. The Morgan fingerprint density at radius 2 is 1.63 bits per heavy atom. The van der Waals surface area contributed by atoms with Crippen LogP contribution in [-0.2, 0) is 21.2 Å². The molecule has 1 amide bonds. The first-order valence-corrected chi connectivity index (χ1v) is 13.3. The van der Waals surface area contributed by atoms with E-state index in [1.54, 1.807) is 43.4 Å². The first-order chi connectivity index (χ1) is 18.3. The van der Waals surface area contributed by atoms with Crippen LogP contribution in [0.25, 0.3) is 11.0 Å². The molecule has 0 saturated carbocycles. The van der Waals surface area contributed by atoms with E-state index < -0.39 is 10.0 Å². The van der Waals surface area contributed by atoms with E-state index in [0.717, 1.165) is 5.56 Å². The molecular formula is C26H28N6O5S. The molecule has 0 fully saturated rings. The van der Waals surface area contributed by atoms with Crippen LogP contribution in [0.2, 0.25) is 0 Å². The zero-order chi connectivity index (χ0) is 27.1. The van der Waals surface area contributed by atoms with E-state index in [0.29, 0.717) is 35.2 Å². The molecule has 0 aliphatic heterocycles. The SMILES string of the molecule is CNCC(=O)Nc1ccc(S(=O)(=O)Nc2nc3ccccc3nc2Nc2cc(O)ccc2CCCO)cc1. The van der Waals surface area contributed by atoms with Crippen molar-refractivity contribution in [3.63, 3.8) is 0 Å². The topological polar surface area (TPSA) is 166 Å². The Morgan fingerprint density at radius 3 is 2.29 bits per heavy atom. The minimum Gasteiger partial charge on any atom is -0.508 e. The van der Waals surface area contributed by atoms with E-state index in [1.807, 2.05) is 0 Å². The number of hydrogen-bond acceptors (Lipinski definition) is 9. The number of sulfonamides is 1. The summed E-state index contributed by atoms with van der Waals surface area (Å²) in [4.78, 5) is 20.8. The standard InChI is InChI=1S/C26H28N6O5S/c1-27-16-24(35)28-18-9-12-20(13-10-18)38(36,37)32-26-25(29-21-6-2-3-7-22(21)30-26)31-23-15-19(34)11-8-17(23)5-4-14-33/h2-3,6-13,15,27,33-34H,4-5,14,16H2,1H3,(H,28,35)(H,29,31)(H,30,32). The number of likely N-dealkylation sites (N-methyl/N-ethyl adjacent to an activating group) is 1. The third-order valence-corrected chi connectivity index (χ3v) is 6.89. The van der Waals surface area contributed by atoms with E-state index in [9.17, 15) is 23.4 Å². The van der Waals surface area contributed by atoms with E-state index in [1.165, 1.54) is 30.3 Å². The van der Waals surface area contributed by atoms with Gasteiger partial charge in [0.15, 0.2) is 11.6 Å². The summed E-state index contributed by atoms with van der Waals surface area (Å²) < 4.78 is 29.0. The molecule has 0 aliphatic carbocycles. The van der Waals surface area contributed by atoms with Crippen molar-refractivity contribution in [2.75, 3.05) is 35.6 Å². The predicted molar refractivity (Wildman–Crippen MR) is 146 cm³/mol. The van der Waals surface area contributed by atoms with Gasteiger partial charge < -0.3 is 26.2 Å². The summed E-state index contributed by atoms with van der Waals surface area (Å²) in [6, 6.07) is 17.5. The number of benzene rings is 3. The predicted octanol–water partition coefficient (Wildman–Crippen LogP) is 2.96. The number of carbonyl (C=O) groups excluding carboxylic acids is 1. The number of amides is 1. The summed E-state index contributed by atoms with van der Waals surface area (Å²) in [6.45, 7) is 0.123. The van der Waals surface area contributed by atoms with Crippen LogP contribution in [0.4, 0.5) is 23.0 Å². The lowest BCUT2D eigenvalue weighted by atomic mass is 10.1. The van der Waals surface area contributed by atoms with Crippen molar-refractivity contribution in [2.24, 2.45) is 0 Å². The summed E-state index contributed by atoms with van der Waals surface area (Å²) in [5, 5.41) is 27.8. The lowest BCUT2D eigenvalue weighted by molar-refractivity contribution is -0.115. The number of phenols is 1. The van der Waals surface area contributed by atoms with E-state index in [4.69, 9.17) is 0 Å². The molecule has 6 N–H and O–H groups in total. The minimum atomic E-state index is -4.08. The Kier molecular flexibility index (Phi) is 8.36. The molecular weight excluding hydrogens is 508 g/mol. The fourth-order valence-corrected chi connectivity index (χ4v) is 4.73. The van der Waals surface area contributed by atoms with Crippen molar-refractivity contribution in [3.8, 4) is 5.75 Å². The number of phenolic OH excluding ortho intramolecular Hbond substituents is 1. The highest BCUT2D eigenvalue weighted by atomic mass is 32.2. The van der Waals surface area contributed by atoms with Crippen LogP contribution in [0.1, 0.15) is 12.0 Å². The molecule has 0 radical (unpaired) electrons. The molecule has 11 nitrogen and oxygen atoms in total. The zero-order valence-corrected chi connectivity index (χ0v) is 21.4. The second kappa shape index (κ2) is 11.9. The van der Waals surface area contributed by atoms with Gasteiger partial charge in [-0.3, -0.25) is 9.52 Å². The smallest absolute Gasteiger partial charge is 0.263 e. The van der Waals surface area contributed by atoms with E-state index in [-0.39, 0.29) is 41.3 Å². The van der Waals surface area contributed by atoms with Crippen LogP contribution in [0.3, 0.4) is 0 Å². The minimum absolute atomic E-state index is 0.000884. The van der Waals surface area contributed by atoms with Crippen molar-refractivity contribution >= 4 is 50.0 Å². The summed E-state index contributed by atoms with van der Waals surface area (Å²) in [7, 11) is -2.44. The molecule has 1 heterocycles. The molecule has 0 unspecified atom stereocenters. The second-order valence-electron chi connectivity index (χ2n) is 8.41. The van der Waals surface area contributed by atoms with Crippen molar-refractivity contribution in [2.45, 2.75) is 17.7 Å². The maximum atomic E-state index is 13.3. The van der Waals surface area contributed by atoms with Gasteiger partial charge in [-0.2, -0.15) is 0 Å². The number of hydrogen-bond donors (Lipinski definition) is 6. The largest absolute Gasteiger partial charge is 0.508 e. The van der Waals surface area contributed by atoms with Crippen molar-refractivity contribution in [1.29, 1.82) is 0 Å². The maximum Gasteiger partial charge on any atom is 0.263 e. The number of fused-ring (bicyclic) bond motifs is 1. The molecule has 12 heteroatoms. The third-order valence-electron chi connectivity index (χ3n) is 5.54. The van der Waals surface area contributed by atoms with Gasteiger partial charge in [-0.25, -0.2) is 18.4 Å². The van der Waals surface area contributed by atoms with E-state index in [2.05, 4.69) is 30.6 Å². The number of aliphatic hydroxyl groups excluding tert-OH is 1. The van der Waals surface area contributed by atoms with Crippen molar-refractivity contribution in [1.82, 2.24) is 15.3 Å². The second-order valence-corrected chi connectivity index (χ2v) is 10.1. The Hall–Kier alpha value is -4.26. The van der Waals surface area contributed by atoms with Gasteiger partial charge in [0, 0.05) is 24.0 Å². The highest BCUT2D eigenvalue weighted by Gasteiger charge is 2.20. The molecule has 1 aromatic heterocycles. The monoisotopic (exact) mass is 536 g/mol. The number of aliphatic hydroxyl groups is 1. The number of nitrogens with zero attached hydrogens (tertiary/aromatic N) is 2. The Bertz CT molecular complexity index is 1540. The number of aromatic nitrogens is 2. The summed E-state index contributed by atoms with van der Waals surface area (Å²) in [5.41, 5.74) is 2.78. The summed E-state index contributed by atoms with van der Waals surface area (Å²) in [5.74, 6) is -0.141. The van der Waals surface area contributed by atoms with Crippen molar-refractivity contribution < 1.29 is 23.4 Å². The van der Waals surface area contributed by atoms with Crippen LogP contribution in [0, 0.1) is 0 Å². The molecule has 0 saturated heterocycles. The Balaban J connectivity index is 1.68. The van der Waals surface area contributed by atoms with Gasteiger partial charge in [0.25, 0.3) is 10.0 Å². The van der Waals surface area contributed by atoms with Gasteiger partial charge >= 0.3 is 0 Å². The quantitative estimate of drug-likeness (QED) is 0.169. The van der Waals surface area contributed by atoms with Crippen LogP contribution < -0.4 is 20.7 Å². The molecule has 198 valence electrons. The van der Waals surface area contributed by atoms with Gasteiger partial charge in [-0.15, -0.1) is 0 Å². The van der Waals surface area contributed by atoms with Crippen LogP contribution in [0.5, 0.6) is 5.75 Å². The molecule has 0 spiro atoms. The number of nitrogens with one attached hydrogen (secondary N) is 4. The average Bonchev–Trinajstić information content (AvgIpc) is 2.89. The average molecular weight is 537 g/mol. The van der Waals surface area contributed by atoms with Crippen LogP contribution >= 0.6 is 0 Å². The van der Waals surface area contributed by atoms with Gasteiger partial charge in [-0.1, -0.05) is 18.2 Å². The number of carbonyl (C=O) groups is 1. The first-order valence-electron chi connectivity index (χ1n) is 11.8. The maximum absolute atomic E-state index is 13.3. The van der Waals surface area contributed by atoms with Crippen LogP contribution in [-0.4, -0.2) is 54.7 Å². The van der Waals surface area contributed by atoms with Gasteiger partial charge in [0.05, 0.1) is 22.5 Å². The number of rotatable bonds is 11. The number of aromatic hydroxyl groups is 1.